The second kappa shape index (κ2) is 12.6. The maximum atomic E-state index is 12.9. The first kappa shape index (κ1) is 26.6. The number of hydrogen-bond donors (Lipinski definition) is 1. The highest BCUT2D eigenvalue weighted by atomic mass is 35.5. The summed E-state index contributed by atoms with van der Waals surface area (Å²) >= 11 is 6.55. The number of halogens is 1. The van der Waals surface area contributed by atoms with Crippen LogP contribution in [0, 0.1) is 13.8 Å². The third-order valence-electron chi connectivity index (χ3n) is 5.99. The Kier molecular flexibility index (Phi) is 9.57. The van der Waals surface area contributed by atoms with Gasteiger partial charge in [-0.05, 0) is 50.2 Å². The van der Waals surface area contributed by atoms with Crippen molar-refractivity contribution in [2.75, 3.05) is 33.4 Å². The normalized spacial score (nSPS) is 11.1. The lowest BCUT2D eigenvalue weighted by atomic mass is 10.1. The second-order valence-electron chi connectivity index (χ2n) is 8.44. The van der Waals surface area contributed by atoms with E-state index in [-0.39, 0.29) is 5.91 Å². The van der Waals surface area contributed by atoms with Crippen LogP contribution in [-0.2, 0) is 13.1 Å². The number of methoxy groups -OCH3 is 1. The van der Waals surface area contributed by atoms with Gasteiger partial charge in [-0.25, -0.2) is 4.68 Å². The predicted molar refractivity (Wildman–Crippen MR) is 140 cm³/mol. The lowest BCUT2D eigenvalue weighted by Crippen LogP contribution is -2.28. The van der Waals surface area contributed by atoms with E-state index in [9.17, 15) is 4.79 Å². The fourth-order valence-electron chi connectivity index (χ4n) is 3.82. The first-order valence-electron chi connectivity index (χ1n) is 11.9. The number of benzene rings is 2. The average Bonchev–Trinajstić information content (AvgIpc) is 3.14. The Morgan fingerprint density at radius 1 is 1.06 bits per heavy atom. The van der Waals surface area contributed by atoms with Crippen molar-refractivity contribution in [1.82, 2.24) is 20.0 Å². The molecule has 7 nitrogen and oxygen atoms in total. The van der Waals surface area contributed by atoms with Gasteiger partial charge in [-0.1, -0.05) is 61.3 Å². The van der Waals surface area contributed by atoms with Crippen molar-refractivity contribution in [2.45, 2.75) is 40.8 Å². The SMILES string of the molecule is CCN(CC)CCOc1ccc(CNC(=O)c2c(C)nn(Cc3ccc(C)cc3)c2Cl)cc1OC. The van der Waals surface area contributed by atoms with Crippen LogP contribution in [-0.4, -0.2) is 53.9 Å². The summed E-state index contributed by atoms with van der Waals surface area (Å²) in [6.45, 7) is 12.3. The smallest absolute Gasteiger partial charge is 0.256 e. The van der Waals surface area contributed by atoms with Crippen LogP contribution in [0.25, 0.3) is 0 Å². The minimum absolute atomic E-state index is 0.263. The lowest BCUT2D eigenvalue weighted by Gasteiger charge is -2.19. The van der Waals surface area contributed by atoms with Crippen molar-refractivity contribution in [3.8, 4) is 11.5 Å². The van der Waals surface area contributed by atoms with Gasteiger partial charge in [0.2, 0.25) is 0 Å². The number of nitrogens with zero attached hydrogens (tertiary/aromatic N) is 3. The summed E-state index contributed by atoms with van der Waals surface area (Å²) in [7, 11) is 1.61. The van der Waals surface area contributed by atoms with Crippen LogP contribution in [0.1, 0.15) is 46.6 Å². The van der Waals surface area contributed by atoms with Gasteiger partial charge < -0.3 is 19.7 Å². The molecule has 0 saturated heterocycles. The Bertz CT molecular complexity index is 1120. The second-order valence-corrected chi connectivity index (χ2v) is 8.80. The largest absolute Gasteiger partial charge is 0.493 e. The minimum Gasteiger partial charge on any atom is -0.493 e. The quantitative estimate of drug-likeness (QED) is 0.386. The number of nitrogens with one attached hydrogen (secondary N) is 1. The van der Waals surface area contributed by atoms with Gasteiger partial charge in [0.25, 0.3) is 5.91 Å². The van der Waals surface area contributed by atoms with Crippen LogP contribution in [0.2, 0.25) is 5.15 Å². The monoisotopic (exact) mass is 498 g/mol. The molecule has 1 aromatic heterocycles. The molecule has 0 aliphatic rings. The number of ether oxygens (including phenoxy) is 2. The van der Waals surface area contributed by atoms with Gasteiger partial charge in [0.05, 0.1) is 24.9 Å². The summed E-state index contributed by atoms with van der Waals surface area (Å²) in [6, 6.07) is 13.8. The Hall–Kier alpha value is -3.03. The molecule has 0 radical (unpaired) electrons. The van der Waals surface area contributed by atoms with Crippen molar-refractivity contribution < 1.29 is 14.3 Å². The Morgan fingerprint density at radius 2 is 1.74 bits per heavy atom. The zero-order valence-electron chi connectivity index (χ0n) is 21.2. The molecule has 188 valence electrons. The molecule has 0 aliphatic heterocycles. The van der Waals surface area contributed by atoms with E-state index in [4.69, 9.17) is 21.1 Å². The predicted octanol–water partition coefficient (Wildman–Crippen LogP) is 4.86. The van der Waals surface area contributed by atoms with E-state index in [0.717, 1.165) is 30.8 Å². The molecule has 0 unspecified atom stereocenters. The van der Waals surface area contributed by atoms with Gasteiger partial charge in [0, 0.05) is 13.1 Å². The summed E-state index contributed by atoms with van der Waals surface area (Å²) < 4.78 is 13.1. The maximum Gasteiger partial charge on any atom is 0.256 e. The molecule has 0 spiro atoms. The average molecular weight is 499 g/mol. The first-order valence-corrected chi connectivity index (χ1v) is 12.3. The molecule has 1 amide bonds. The summed E-state index contributed by atoms with van der Waals surface area (Å²) in [5.41, 5.74) is 4.13. The van der Waals surface area contributed by atoms with Crippen molar-refractivity contribution >= 4 is 17.5 Å². The van der Waals surface area contributed by atoms with Crippen LogP contribution in [0.5, 0.6) is 11.5 Å². The molecule has 0 saturated carbocycles. The molecule has 0 atom stereocenters. The van der Waals surface area contributed by atoms with Crippen LogP contribution in [0.15, 0.2) is 42.5 Å². The van der Waals surface area contributed by atoms with E-state index in [2.05, 4.69) is 29.2 Å². The van der Waals surface area contributed by atoms with Crippen molar-refractivity contribution in [2.24, 2.45) is 0 Å². The van der Waals surface area contributed by atoms with Gasteiger partial charge in [-0.3, -0.25) is 4.79 Å². The van der Waals surface area contributed by atoms with E-state index in [0.29, 0.717) is 47.6 Å². The lowest BCUT2D eigenvalue weighted by molar-refractivity contribution is 0.0950. The minimum atomic E-state index is -0.263. The number of carbonyl (C=O) groups excluding carboxylic acids is 1. The summed E-state index contributed by atoms with van der Waals surface area (Å²) in [6.07, 6.45) is 0. The Labute approximate surface area is 213 Å². The molecule has 0 bridgehead atoms. The van der Waals surface area contributed by atoms with Gasteiger partial charge >= 0.3 is 0 Å². The van der Waals surface area contributed by atoms with E-state index >= 15 is 0 Å². The topological polar surface area (TPSA) is 68.6 Å². The third kappa shape index (κ3) is 6.99. The molecular formula is C27H35ClN4O3. The standard InChI is InChI=1S/C27H35ClN4O3/c1-6-31(7-2)14-15-35-23-13-12-22(16-24(23)34-5)17-29-27(33)25-20(4)30-32(26(25)28)18-21-10-8-19(3)9-11-21/h8-13,16H,6-7,14-15,17-18H2,1-5H3,(H,29,33). The first-order chi connectivity index (χ1) is 16.9. The summed E-state index contributed by atoms with van der Waals surface area (Å²) in [4.78, 5) is 15.2. The molecule has 0 aliphatic carbocycles. The molecule has 0 fully saturated rings. The van der Waals surface area contributed by atoms with Gasteiger partial charge in [-0.2, -0.15) is 5.10 Å². The number of aryl methyl sites for hydroxylation is 2. The molecule has 2 aromatic carbocycles. The summed E-state index contributed by atoms with van der Waals surface area (Å²) in [5, 5.41) is 7.75. The number of aromatic nitrogens is 2. The van der Waals surface area contributed by atoms with Gasteiger partial charge in [0.1, 0.15) is 11.8 Å². The Balaban J connectivity index is 1.62. The maximum absolute atomic E-state index is 12.9. The zero-order chi connectivity index (χ0) is 25.4. The number of carbonyl (C=O) groups is 1. The molecule has 3 rings (SSSR count). The number of likely N-dealkylation sites (N-methyl/N-ethyl adjacent to an activating group) is 1. The fourth-order valence-corrected chi connectivity index (χ4v) is 4.14. The van der Waals surface area contributed by atoms with E-state index in [1.807, 2.05) is 49.4 Å². The molecule has 1 N–H and O–H groups in total. The molecule has 35 heavy (non-hydrogen) atoms. The highest BCUT2D eigenvalue weighted by Crippen LogP contribution is 2.28. The number of amides is 1. The number of hydrogen-bond acceptors (Lipinski definition) is 5. The third-order valence-corrected chi connectivity index (χ3v) is 6.37. The fraction of sp³-hybridized carbons (Fsp3) is 0.407. The van der Waals surface area contributed by atoms with Crippen LogP contribution in [0.3, 0.4) is 0 Å². The molecule has 1 heterocycles. The highest BCUT2D eigenvalue weighted by Gasteiger charge is 2.20. The Morgan fingerprint density at radius 3 is 2.40 bits per heavy atom. The van der Waals surface area contributed by atoms with E-state index in [1.165, 1.54) is 5.56 Å². The van der Waals surface area contributed by atoms with E-state index < -0.39 is 0 Å². The zero-order valence-corrected chi connectivity index (χ0v) is 22.0. The van der Waals surface area contributed by atoms with Gasteiger partial charge in [0.15, 0.2) is 11.5 Å². The molecule has 3 aromatic rings. The summed E-state index contributed by atoms with van der Waals surface area (Å²) in [5.74, 6) is 1.06. The van der Waals surface area contributed by atoms with Crippen molar-refractivity contribution in [3.05, 3.63) is 75.6 Å². The van der Waals surface area contributed by atoms with E-state index in [1.54, 1.807) is 18.7 Å². The van der Waals surface area contributed by atoms with Gasteiger partial charge in [-0.15, -0.1) is 0 Å². The molecule has 8 heteroatoms. The van der Waals surface area contributed by atoms with Crippen molar-refractivity contribution in [1.29, 1.82) is 0 Å². The van der Waals surface area contributed by atoms with Crippen LogP contribution in [0.4, 0.5) is 0 Å². The van der Waals surface area contributed by atoms with Crippen LogP contribution < -0.4 is 14.8 Å². The number of rotatable bonds is 12. The highest BCUT2D eigenvalue weighted by molar-refractivity contribution is 6.33. The molecular weight excluding hydrogens is 464 g/mol. The van der Waals surface area contributed by atoms with Crippen molar-refractivity contribution in [3.63, 3.8) is 0 Å². The van der Waals surface area contributed by atoms with Crippen LogP contribution >= 0.6 is 11.6 Å².